The van der Waals surface area contributed by atoms with Gasteiger partial charge in [-0.25, -0.2) is 0 Å². The van der Waals surface area contributed by atoms with E-state index in [0.29, 0.717) is 12.3 Å². The minimum Gasteiger partial charge on any atom is -0.481 e. The number of aliphatic carboxylic acids is 1. The maximum atomic E-state index is 11.0. The van der Waals surface area contributed by atoms with Crippen LogP contribution in [-0.2, 0) is 4.79 Å². The molecule has 1 unspecified atom stereocenters. The van der Waals surface area contributed by atoms with Gasteiger partial charge in [0.25, 0.3) is 0 Å². The van der Waals surface area contributed by atoms with Crippen molar-refractivity contribution in [3.63, 3.8) is 0 Å². The van der Waals surface area contributed by atoms with E-state index in [9.17, 15) is 4.79 Å². The van der Waals surface area contributed by atoms with Crippen LogP contribution in [0.1, 0.15) is 45.4 Å². The molecule has 0 heterocycles. The minimum absolute atomic E-state index is 0.139. The van der Waals surface area contributed by atoms with Gasteiger partial charge in [0.05, 0.1) is 5.92 Å². The summed E-state index contributed by atoms with van der Waals surface area (Å²) in [6, 6.07) is 0. The first-order valence-electron chi connectivity index (χ1n) is 5.63. The third kappa shape index (κ3) is 3.17. The van der Waals surface area contributed by atoms with Gasteiger partial charge in [0.2, 0.25) is 0 Å². The Bertz CT molecular complexity index is 202. The van der Waals surface area contributed by atoms with Crippen molar-refractivity contribution < 1.29 is 9.90 Å². The van der Waals surface area contributed by atoms with E-state index in [2.05, 4.69) is 13.0 Å². The minimum atomic E-state index is -0.613. The molecule has 14 heavy (non-hydrogen) atoms. The SMILES string of the molecule is CCC=CCC(C(=O)O)C1CCCC1. The summed E-state index contributed by atoms with van der Waals surface area (Å²) < 4.78 is 0. The highest BCUT2D eigenvalue weighted by Gasteiger charge is 2.29. The van der Waals surface area contributed by atoms with Crippen LogP contribution in [0.25, 0.3) is 0 Å². The van der Waals surface area contributed by atoms with Gasteiger partial charge in [0.1, 0.15) is 0 Å². The monoisotopic (exact) mass is 196 g/mol. The Morgan fingerprint density at radius 2 is 2.07 bits per heavy atom. The zero-order valence-electron chi connectivity index (χ0n) is 8.91. The van der Waals surface area contributed by atoms with Crippen molar-refractivity contribution in [2.75, 3.05) is 0 Å². The summed E-state index contributed by atoms with van der Waals surface area (Å²) in [7, 11) is 0. The van der Waals surface area contributed by atoms with Crippen LogP contribution in [0, 0.1) is 11.8 Å². The molecule has 1 rings (SSSR count). The highest BCUT2D eigenvalue weighted by Crippen LogP contribution is 2.33. The molecule has 0 spiro atoms. The molecule has 80 valence electrons. The van der Waals surface area contributed by atoms with Crippen molar-refractivity contribution in [2.45, 2.75) is 45.4 Å². The van der Waals surface area contributed by atoms with Crippen molar-refractivity contribution >= 4 is 5.97 Å². The summed E-state index contributed by atoms with van der Waals surface area (Å²) in [6.07, 6.45) is 10.4. The predicted molar refractivity (Wildman–Crippen MR) is 57.1 cm³/mol. The molecule has 0 saturated heterocycles. The molecule has 0 radical (unpaired) electrons. The van der Waals surface area contributed by atoms with Gasteiger partial charge < -0.3 is 5.11 Å². The molecule has 0 aromatic heterocycles. The zero-order chi connectivity index (χ0) is 10.4. The summed E-state index contributed by atoms with van der Waals surface area (Å²) in [5.74, 6) is -0.327. The normalized spacial score (nSPS) is 20.4. The standard InChI is InChI=1S/C12H20O2/c1-2-3-4-9-11(12(13)14)10-7-5-6-8-10/h3-4,10-11H,2,5-9H2,1H3,(H,13,14). The fourth-order valence-electron chi connectivity index (χ4n) is 2.26. The molecule has 1 aliphatic rings. The number of allylic oxidation sites excluding steroid dienone is 2. The maximum absolute atomic E-state index is 11.0. The van der Waals surface area contributed by atoms with E-state index < -0.39 is 5.97 Å². The smallest absolute Gasteiger partial charge is 0.307 e. The Labute approximate surface area is 86.0 Å². The summed E-state index contributed by atoms with van der Waals surface area (Å²) in [4.78, 5) is 11.0. The molecule has 1 saturated carbocycles. The molecule has 0 aliphatic heterocycles. The molecule has 0 aromatic rings. The predicted octanol–water partition coefficient (Wildman–Crippen LogP) is 3.23. The lowest BCUT2D eigenvalue weighted by Crippen LogP contribution is -2.21. The summed E-state index contributed by atoms with van der Waals surface area (Å²) in [5.41, 5.74) is 0. The van der Waals surface area contributed by atoms with Gasteiger partial charge in [-0.2, -0.15) is 0 Å². The van der Waals surface area contributed by atoms with Crippen LogP contribution in [-0.4, -0.2) is 11.1 Å². The van der Waals surface area contributed by atoms with Gasteiger partial charge in [-0.15, -0.1) is 0 Å². The number of carboxylic acid groups (broad SMARTS) is 1. The highest BCUT2D eigenvalue weighted by molar-refractivity contribution is 5.70. The largest absolute Gasteiger partial charge is 0.481 e. The van der Waals surface area contributed by atoms with Crippen LogP contribution >= 0.6 is 0 Å². The van der Waals surface area contributed by atoms with Crippen LogP contribution in [0.15, 0.2) is 12.2 Å². The highest BCUT2D eigenvalue weighted by atomic mass is 16.4. The Morgan fingerprint density at radius 1 is 1.43 bits per heavy atom. The Balaban J connectivity index is 2.45. The summed E-state index contributed by atoms with van der Waals surface area (Å²) in [5, 5.41) is 9.10. The Morgan fingerprint density at radius 3 is 2.57 bits per heavy atom. The van der Waals surface area contributed by atoms with Crippen molar-refractivity contribution in [1.29, 1.82) is 0 Å². The molecule has 2 nitrogen and oxygen atoms in total. The number of carboxylic acids is 1. The van der Waals surface area contributed by atoms with Gasteiger partial charge in [-0.1, -0.05) is 31.9 Å². The Kier molecular flexibility index (Phi) is 4.71. The second-order valence-electron chi connectivity index (χ2n) is 4.10. The zero-order valence-corrected chi connectivity index (χ0v) is 8.91. The number of hydrogen-bond donors (Lipinski definition) is 1. The fraction of sp³-hybridized carbons (Fsp3) is 0.750. The van der Waals surface area contributed by atoms with E-state index in [4.69, 9.17) is 5.11 Å². The molecule has 0 aromatic carbocycles. The number of carbonyl (C=O) groups is 1. The first-order chi connectivity index (χ1) is 6.75. The van der Waals surface area contributed by atoms with Gasteiger partial charge >= 0.3 is 5.97 Å². The average molecular weight is 196 g/mol. The van der Waals surface area contributed by atoms with Crippen LogP contribution in [0.2, 0.25) is 0 Å². The van der Waals surface area contributed by atoms with Crippen LogP contribution in [0.4, 0.5) is 0 Å². The van der Waals surface area contributed by atoms with Crippen molar-refractivity contribution in [1.82, 2.24) is 0 Å². The molecule has 1 atom stereocenters. The van der Waals surface area contributed by atoms with E-state index in [1.807, 2.05) is 6.08 Å². The molecule has 2 heteroatoms. The third-order valence-electron chi connectivity index (χ3n) is 3.08. The van der Waals surface area contributed by atoms with Crippen LogP contribution in [0.3, 0.4) is 0 Å². The number of hydrogen-bond acceptors (Lipinski definition) is 1. The Hall–Kier alpha value is -0.790. The van der Waals surface area contributed by atoms with Crippen molar-refractivity contribution in [3.05, 3.63) is 12.2 Å². The molecular weight excluding hydrogens is 176 g/mol. The van der Waals surface area contributed by atoms with E-state index >= 15 is 0 Å². The molecular formula is C12H20O2. The van der Waals surface area contributed by atoms with E-state index in [1.54, 1.807) is 0 Å². The lowest BCUT2D eigenvalue weighted by Gasteiger charge is -2.17. The first kappa shape index (κ1) is 11.3. The maximum Gasteiger partial charge on any atom is 0.307 e. The third-order valence-corrected chi connectivity index (χ3v) is 3.08. The second-order valence-corrected chi connectivity index (χ2v) is 4.10. The summed E-state index contributed by atoms with van der Waals surface area (Å²) in [6.45, 7) is 2.07. The van der Waals surface area contributed by atoms with Crippen molar-refractivity contribution in [2.24, 2.45) is 11.8 Å². The van der Waals surface area contributed by atoms with E-state index in [0.717, 1.165) is 19.3 Å². The molecule has 1 aliphatic carbocycles. The lowest BCUT2D eigenvalue weighted by molar-refractivity contribution is -0.143. The molecule has 0 amide bonds. The van der Waals surface area contributed by atoms with Crippen LogP contribution < -0.4 is 0 Å². The molecule has 1 N–H and O–H groups in total. The van der Waals surface area contributed by atoms with E-state index in [-0.39, 0.29) is 5.92 Å². The topological polar surface area (TPSA) is 37.3 Å². The van der Waals surface area contributed by atoms with Gasteiger partial charge in [0.15, 0.2) is 0 Å². The van der Waals surface area contributed by atoms with Crippen LogP contribution in [0.5, 0.6) is 0 Å². The first-order valence-corrected chi connectivity index (χ1v) is 5.63. The van der Waals surface area contributed by atoms with Gasteiger partial charge in [-0.3, -0.25) is 4.79 Å². The van der Waals surface area contributed by atoms with E-state index in [1.165, 1.54) is 12.8 Å². The van der Waals surface area contributed by atoms with Gasteiger partial charge in [-0.05, 0) is 31.6 Å². The fourth-order valence-corrected chi connectivity index (χ4v) is 2.26. The van der Waals surface area contributed by atoms with Gasteiger partial charge in [0, 0.05) is 0 Å². The number of rotatable bonds is 5. The lowest BCUT2D eigenvalue weighted by atomic mass is 9.88. The molecule has 0 bridgehead atoms. The molecule has 1 fully saturated rings. The quantitative estimate of drug-likeness (QED) is 0.685. The van der Waals surface area contributed by atoms with Crippen molar-refractivity contribution in [3.8, 4) is 0 Å². The second kappa shape index (κ2) is 5.84. The summed E-state index contributed by atoms with van der Waals surface area (Å²) >= 11 is 0. The average Bonchev–Trinajstić information content (AvgIpc) is 2.64.